The van der Waals surface area contributed by atoms with Crippen LogP contribution in [0.5, 0.6) is 0 Å². The highest BCUT2D eigenvalue weighted by atomic mass is 15.3. The zero-order valence-corrected chi connectivity index (χ0v) is 11.2. The summed E-state index contributed by atoms with van der Waals surface area (Å²) in [4.78, 5) is 5.28. The Balaban J connectivity index is 1.64. The van der Waals surface area contributed by atoms with Gasteiger partial charge in [0.05, 0.1) is 0 Å². The molecular weight excluding hydrogens is 222 g/mol. The van der Waals surface area contributed by atoms with E-state index in [0.717, 1.165) is 19.6 Å². The summed E-state index contributed by atoms with van der Waals surface area (Å²) in [6, 6.07) is 12.2. The fraction of sp³-hybridized carbons (Fsp3) is 0.600. The van der Waals surface area contributed by atoms with Gasteiger partial charge >= 0.3 is 0 Å². The third-order valence-corrected chi connectivity index (χ3v) is 4.20. The Kier molecular flexibility index (Phi) is 3.64. The lowest BCUT2D eigenvalue weighted by Crippen LogP contribution is -2.64. The van der Waals surface area contributed by atoms with Gasteiger partial charge in [-0.05, 0) is 12.5 Å². The van der Waals surface area contributed by atoms with Crippen molar-refractivity contribution >= 4 is 0 Å². The average molecular weight is 245 g/mol. The maximum atomic E-state index is 3.52. The molecule has 0 spiro atoms. The first-order valence-electron chi connectivity index (χ1n) is 7.05. The molecule has 0 aliphatic carbocycles. The molecule has 2 saturated heterocycles. The third-order valence-electron chi connectivity index (χ3n) is 4.20. The third kappa shape index (κ3) is 2.58. The number of benzene rings is 1. The van der Waals surface area contributed by atoms with Crippen LogP contribution in [-0.4, -0.2) is 54.6 Å². The molecule has 18 heavy (non-hydrogen) atoms. The number of fused-ring (bicyclic) bond motifs is 1. The summed E-state index contributed by atoms with van der Waals surface area (Å²) in [5, 5.41) is 3.52. The molecule has 0 radical (unpaired) electrons. The summed E-state index contributed by atoms with van der Waals surface area (Å²) in [6.07, 6.45) is 0. The fourth-order valence-corrected chi connectivity index (χ4v) is 3.35. The lowest BCUT2D eigenvalue weighted by atomic mass is 10.0. The van der Waals surface area contributed by atoms with E-state index in [1.54, 1.807) is 0 Å². The van der Waals surface area contributed by atoms with Gasteiger partial charge in [-0.25, -0.2) is 0 Å². The number of hydrogen-bond acceptors (Lipinski definition) is 3. The number of piperazine rings is 2. The fourth-order valence-electron chi connectivity index (χ4n) is 3.35. The molecule has 3 heteroatoms. The molecule has 2 fully saturated rings. The van der Waals surface area contributed by atoms with Gasteiger partial charge in [0.2, 0.25) is 0 Å². The first kappa shape index (κ1) is 12.2. The molecule has 1 aromatic rings. The SMILES string of the molecule is C[C@@H]1CN(Cc2ccccc2)C[C@@H]2CNCCN21. The highest BCUT2D eigenvalue weighted by molar-refractivity contribution is 5.14. The predicted octanol–water partition coefficient (Wildman–Crippen LogP) is 1.16. The molecule has 3 rings (SSSR count). The molecule has 1 aromatic carbocycles. The van der Waals surface area contributed by atoms with E-state index in [2.05, 4.69) is 52.4 Å². The second-order valence-electron chi connectivity index (χ2n) is 5.62. The highest BCUT2D eigenvalue weighted by Crippen LogP contribution is 2.18. The van der Waals surface area contributed by atoms with Crippen LogP contribution in [-0.2, 0) is 6.54 Å². The van der Waals surface area contributed by atoms with Crippen LogP contribution in [0.3, 0.4) is 0 Å². The van der Waals surface area contributed by atoms with Crippen molar-refractivity contribution in [1.82, 2.24) is 15.1 Å². The van der Waals surface area contributed by atoms with E-state index in [9.17, 15) is 0 Å². The molecular formula is C15H23N3. The summed E-state index contributed by atoms with van der Waals surface area (Å²) < 4.78 is 0. The van der Waals surface area contributed by atoms with E-state index in [-0.39, 0.29) is 0 Å². The molecule has 0 bridgehead atoms. The number of rotatable bonds is 2. The number of nitrogens with one attached hydrogen (secondary N) is 1. The molecule has 0 saturated carbocycles. The maximum Gasteiger partial charge on any atom is 0.0351 e. The second kappa shape index (κ2) is 5.39. The Morgan fingerprint density at radius 1 is 1.22 bits per heavy atom. The van der Waals surface area contributed by atoms with Crippen molar-refractivity contribution in [3.05, 3.63) is 35.9 Å². The topological polar surface area (TPSA) is 18.5 Å². The lowest BCUT2D eigenvalue weighted by Gasteiger charge is -2.48. The predicted molar refractivity (Wildman–Crippen MR) is 74.5 cm³/mol. The van der Waals surface area contributed by atoms with E-state index >= 15 is 0 Å². The van der Waals surface area contributed by atoms with E-state index in [0.29, 0.717) is 12.1 Å². The Morgan fingerprint density at radius 3 is 2.89 bits per heavy atom. The van der Waals surface area contributed by atoms with Crippen LogP contribution >= 0.6 is 0 Å². The quantitative estimate of drug-likeness (QED) is 0.843. The maximum absolute atomic E-state index is 3.52. The normalized spacial score (nSPS) is 30.1. The average Bonchev–Trinajstić information content (AvgIpc) is 2.40. The molecule has 1 N–H and O–H groups in total. The molecule has 3 nitrogen and oxygen atoms in total. The number of hydrogen-bond donors (Lipinski definition) is 1. The standard InChI is InChI=1S/C15H23N3/c1-13-10-17(11-14-5-3-2-4-6-14)12-15-9-16-7-8-18(13)15/h2-6,13,15-16H,7-12H2,1H3/t13-,15+/m1/s1. The zero-order chi connectivity index (χ0) is 12.4. The molecule has 0 amide bonds. The van der Waals surface area contributed by atoms with E-state index < -0.39 is 0 Å². The van der Waals surface area contributed by atoms with Gasteiger partial charge < -0.3 is 5.32 Å². The van der Waals surface area contributed by atoms with Crippen LogP contribution in [0, 0.1) is 0 Å². The minimum Gasteiger partial charge on any atom is -0.314 e. The van der Waals surface area contributed by atoms with Crippen LogP contribution in [0.2, 0.25) is 0 Å². The van der Waals surface area contributed by atoms with Gasteiger partial charge in [-0.3, -0.25) is 9.80 Å². The van der Waals surface area contributed by atoms with Crippen LogP contribution in [0.4, 0.5) is 0 Å². The van der Waals surface area contributed by atoms with Crippen molar-refractivity contribution in [2.45, 2.75) is 25.6 Å². The van der Waals surface area contributed by atoms with Gasteiger partial charge in [0.1, 0.15) is 0 Å². The molecule has 2 heterocycles. The van der Waals surface area contributed by atoms with Gasteiger partial charge in [-0.2, -0.15) is 0 Å². The highest BCUT2D eigenvalue weighted by Gasteiger charge is 2.33. The van der Waals surface area contributed by atoms with Crippen LogP contribution in [0.25, 0.3) is 0 Å². The summed E-state index contributed by atoms with van der Waals surface area (Å²) in [5.41, 5.74) is 1.43. The summed E-state index contributed by atoms with van der Waals surface area (Å²) in [5.74, 6) is 0. The summed E-state index contributed by atoms with van der Waals surface area (Å²) >= 11 is 0. The zero-order valence-electron chi connectivity index (χ0n) is 11.2. The van der Waals surface area contributed by atoms with Crippen molar-refractivity contribution in [2.24, 2.45) is 0 Å². The molecule has 0 unspecified atom stereocenters. The van der Waals surface area contributed by atoms with Gasteiger partial charge in [-0.15, -0.1) is 0 Å². The van der Waals surface area contributed by atoms with Crippen molar-refractivity contribution in [3.63, 3.8) is 0 Å². The lowest BCUT2D eigenvalue weighted by molar-refractivity contribution is 0.0135. The van der Waals surface area contributed by atoms with Crippen molar-refractivity contribution in [2.75, 3.05) is 32.7 Å². The van der Waals surface area contributed by atoms with E-state index in [4.69, 9.17) is 0 Å². The minimum absolute atomic E-state index is 0.689. The van der Waals surface area contributed by atoms with Crippen LogP contribution in [0.1, 0.15) is 12.5 Å². The van der Waals surface area contributed by atoms with Gasteiger partial charge in [0.15, 0.2) is 0 Å². The Bertz CT molecular complexity index is 379. The summed E-state index contributed by atoms with van der Waals surface area (Å²) in [7, 11) is 0. The van der Waals surface area contributed by atoms with E-state index in [1.807, 2.05) is 0 Å². The van der Waals surface area contributed by atoms with Crippen LogP contribution in [0.15, 0.2) is 30.3 Å². The second-order valence-corrected chi connectivity index (χ2v) is 5.62. The minimum atomic E-state index is 0.689. The largest absolute Gasteiger partial charge is 0.314 e. The molecule has 98 valence electrons. The number of nitrogens with zero attached hydrogens (tertiary/aromatic N) is 2. The Hall–Kier alpha value is -0.900. The van der Waals surface area contributed by atoms with Gasteiger partial charge in [0, 0.05) is 51.4 Å². The van der Waals surface area contributed by atoms with Crippen molar-refractivity contribution in [1.29, 1.82) is 0 Å². The summed E-state index contributed by atoms with van der Waals surface area (Å²) in [6.45, 7) is 9.38. The van der Waals surface area contributed by atoms with Crippen LogP contribution < -0.4 is 5.32 Å². The van der Waals surface area contributed by atoms with Crippen molar-refractivity contribution in [3.8, 4) is 0 Å². The molecule has 2 aliphatic rings. The first-order chi connectivity index (χ1) is 8.83. The molecule has 2 aliphatic heterocycles. The van der Waals surface area contributed by atoms with Gasteiger partial charge in [-0.1, -0.05) is 30.3 Å². The Morgan fingerprint density at radius 2 is 2.06 bits per heavy atom. The van der Waals surface area contributed by atoms with E-state index in [1.165, 1.54) is 25.2 Å². The molecule has 2 atom stereocenters. The van der Waals surface area contributed by atoms with Crippen molar-refractivity contribution < 1.29 is 0 Å². The Labute approximate surface area is 110 Å². The van der Waals surface area contributed by atoms with Gasteiger partial charge in [0.25, 0.3) is 0 Å². The monoisotopic (exact) mass is 245 g/mol. The first-order valence-corrected chi connectivity index (χ1v) is 7.05. The smallest absolute Gasteiger partial charge is 0.0351 e. The molecule has 0 aromatic heterocycles.